The molecule has 9 nitrogen and oxygen atoms in total. The summed E-state index contributed by atoms with van der Waals surface area (Å²) in [5.41, 5.74) is 2.37. The summed E-state index contributed by atoms with van der Waals surface area (Å²) in [6.07, 6.45) is 1.63. The normalized spacial score (nSPS) is 13.9. The number of rotatable bonds is 12. The van der Waals surface area contributed by atoms with E-state index in [0.717, 1.165) is 22.2 Å². The van der Waals surface area contributed by atoms with E-state index in [-0.39, 0.29) is 35.8 Å². The van der Waals surface area contributed by atoms with Gasteiger partial charge in [-0.2, -0.15) is 0 Å². The van der Waals surface area contributed by atoms with Gasteiger partial charge < -0.3 is 24.3 Å². The van der Waals surface area contributed by atoms with Crippen LogP contribution in [0, 0.1) is 6.92 Å². The third kappa shape index (κ3) is 7.35. The molecule has 1 saturated heterocycles. The van der Waals surface area contributed by atoms with Crippen molar-refractivity contribution in [2.24, 2.45) is 0 Å². The number of hydrogen-bond acceptors (Lipinski definition) is 8. The fourth-order valence-electron chi connectivity index (χ4n) is 3.89. The molecule has 1 N–H and O–H groups in total. The Bertz CT molecular complexity index is 1420. The average Bonchev–Trinajstić information content (AvgIpc) is 3.20. The first-order chi connectivity index (χ1) is 19.4. The van der Waals surface area contributed by atoms with Gasteiger partial charge in [-0.25, -0.2) is 0 Å². The van der Waals surface area contributed by atoms with Crippen LogP contribution < -0.4 is 24.3 Å². The maximum absolute atomic E-state index is 12.9. The number of imide groups is 1. The summed E-state index contributed by atoms with van der Waals surface area (Å²) in [6, 6.07) is 19.8. The number of amides is 3. The molecule has 0 bridgehead atoms. The Labute approximate surface area is 237 Å². The molecule has 0 radical (unpaired) electrons. The van der Waals surface area contributed by atoms with E-state index >= 15 is 0 Å². The maximum atomic E-state index is 12.9. The molecular weight excluding hydrogens is 532 g/mol. The van der Waals surface area contributed by atoms with E-state index < -0.39 is 5.91 Å². The van der Waals surface area contributed by atoms with E-state index in [1.165, 1.54) is 0 Å². The topological polar surface area (TPSA) is 103 Å². The molecule has 0 spiro atoms. The van der Waals surface area contributed by atoms with Gasteiger partial charge in [-0.3, -0.25) is 19.3 Å². The largest absolute Gasteiger partial charge is 0.493 e. The van der Waals surface area contributed by atoms with E-state index in [2.05, 4.69) is 5.32 Å². The zero-order chi connectivity index (χ0) is 28.5. The fourth-order valence-corrected chi connectivity index (χ4v) is 4.76. The van der Waals surface area contributed by atoms with Gasteiger partial charge in [0, 0.05) is 5.69 Å². The molecular formula is C30H30N2O7S. The molecule has 0 aliphatic carbocycles. The lowest BCUT2D eigenvalue weighted by molar-refractivity contribution is -0.123. The Morgan fingerprint density at radius 2 is 1.70 bits per heavy atom. The SMILES string of the molecule is CCOc1cc(/C=C2\SC(=O)N(CCOc3ccccc3OC)C2=O)ccc1OCC(=O)Nc1cccc(C)c1. The van der Waals surface area contributed by atoms with Crippen molar-refractivity contribution >= 4 is 40.6 Å². The van der Waals surface area contributed by atoms with Gasteiger partial charge in [0.25, 0.3) is 17.1 Å². The van der Waals surface area contributed by atoms with E-state index in [1.807, 2.05) is 44.2 Å². The molecule has 208 valence electrons. The van der Waals surface area contributed by atoms with Crippen LogP contribution in [0.3, 0.4) is 0 Å². The number of para-hydroxylation sites is 2. The maximum Gasteiger partial charge on any atom is 0.293 e. The number of methoxy groups -OCH3 is 1. The molecule has 0 unspecified atom stereocenters. The first-order valence-corrected chi connectivity index (χ1v) is 13.5. The Hall–Kier alpha value is -4.44. The Morgan fingerprint density at radius 1 is 0.925 bits per heavy atom. The molecule has 10 heteroatoms. The van der Waals surface area contributed by atoms with Crippen LogP contribution in [0.15, 0.2) is 71.6 Å². The van der Waals surface area contributed by atoms with Gasteiger partial charge >= 0.3 is 0 Å². The zero-order valence-electron chi connectivity index (χ0n) is 22.5. The second kappa shape index (κ2) is 13.6. The average molecular weight is 563 g/mol. The summed E-state index contributed by atoms with van der Waals surface area (Å²) < 4.78 is 22.4. The molecule has 3 aromatic rings. The standard InChI is InChI=1S/C30H30N2O7S/c1-4-37-26-17-21(12-13-25(26)39-19-28(33)31-22-9-7-8-20(2)16-22)18-27-29(34)32(30(35)40-27)14-15-38-24-11-6-5-10-23(24)36-3/h5-13,16-18H,4,14-15,19H2,1-3H3,(H,31,33)/b27-18-. The molecule has 40 heavy (non-hydrogen) atoms. The number of nitrogens with one attached hydrogen (secondary N) is 1. The third-order valence-electron chi connectivity index (χ3n) is 5.74. The van der Waals surface area contributed by atoms with Crippen LogP contribution in [0.1, 0.15) is 18.1 Å². The van der Waals surface area contributed by atoms with Crippen LogP contribution in [-0.4, -0.2) is 55.4 Å². The lowest BCUT2D eigenvalue weighted by Crippen LogP contribution is -2.32. The number of anilines is 1. The van der Waals surface area contributed by atoms with Gasteiger partial charge in [0.1, 0.15) is 6.61 Å². The molecule has 1 heterocycles. The summed E-state index contributed by atoms with van der Waals surface area (Å²) in [7, 11) is 1.54. The number of hydrogen-bond donors (Lipinski definition) is 1. The summed E-state index contributed by atoms with van der Waals surface area (Å²) in [6.45, 7) is 4.17. The molecule has 0 aromatic heterocycles. The number of carbonyl (C=O) groups is 3. The van der Waals surface area contributed by atoms with Crippen LogP contribution in [0.5, 0.6) is 23.0 Å². The number of aryl methyl sites for hydroxylation is 1. The minimum atomic E-state index is -0.398. The van der Waals surface area contributed by atoms with Gasteiger partial charge in [0.2, 0.25) is 0 Å². The van der Waals surface area contributed by atoms with Crippen LogP contribution in [0.2, 0.25) is 0 Å². The first kappa shape index (κ1) is 28.6. The summed E-state index contributed by atoms with van der Waals surface area (Å²) in [5.74, 6) is 1.21. The molecule has 4 rings (SSSR count). The van der Waals surface area contributed by atoms with Crippen molar-refractivity contribution in [3.05, 3.63) is 82.8 Å². The summed E-state index contributed by atoms with van der Waals surface area (Å²) in [5, 5.41) is 2.43. The second-order valence-corrected chi connectivity index (χ2v) is 9.67. The molecule has 0 saturated carbocycles. The molecule has 1 aliphatic heterocycles. The second-order valence-electron chi connectivity index (χ2n) is 8.68. The van der Waals surface area contributed by atoms with Crippen molar-refractivity contribution in [3.8, 4) is 23.0 Å². The highest BCUT2D eigenvalue weighted by atomic mass is 32.2. The van der Waals surface area contributed by atoms with Gasteiger partial charge in [0.15, 0.2) is 29.6 Å². The monoisotopic (exact) mass is 562 g/mol. The van der Waals surface area contributed by atoms with Gasteiger partial charge in [-0.1, -0.05) is 30.3 Å². The fraction of sp³-hybridized carbons (Fsp3) is 0.233. The number of ether oxygens (including phenoxy) is 4. The van der Waals surface area contributed by atoms with Gasteiger partial charge in [0.05, 0.1) is 25.2 Å². The van der Waals surface area contributed by atoms with Crippen molar-refractivity contribution in [1.29, 1.82) is 0 Å². The minimum Gasteiger partial charge on any atom is -0.493 e. The number of nitrogens with zero attached hydrogens (tertiary/aromatic N) is 1. The highest BCUT2D eigenvalue weighted by Crippen LogP contribution is 2.35. The van der Waals surface area contributed by atoms with Crippen molar-refractivity contribution < 1.29 is 33.3 Å². The van der Waals surface area contributed by atoms with E-state index in [9.17, 15) is 14.4 Å². The molecule has 1 fully saturated rings. The van der Waals surface area contributed by atoms with Crippen LogP contribution in [-0.2, 0) is 9.59 Å². The van der Waals surface area contributed by atoms with E-state index in [4.69, 9.17) is 18.9 Å². The highest BCUT2D eigenvalue weighted by Gasteiger charge is 2.35. The smallest absolute Gasteiger partial charge is 0.293 e. The Balaban J connectivity index is 1.38. The summed E-state index contributed by atoms with van der Waals surface area (Å²) in [4.78, 5) is 39.3. The molecule has 3 aromatic carbocycles. The predicted molar refractivity (Wildman–Crippen MR) is 154 cm³/mol. The minimum absolute atomic E-state index is 0.0989. The first-order valence-electron chi connectivity index (χ1n) is 12.6. The predicted octanol–water partition coefficient (Wildman–Crippen LogP) is 5.54. The number of thioether (sulfide) groups is 1. The number of carbonyl (C=O) groups excluding carboxylic acids is 3. The lowest BCUT2D eigenvalue weighted by Gasteiger charge is -2.14. The van der Waals surface area contributed by atoms with Crippen molar-refractivity contribution in [2.75, 3.05) is 38.8 Å². The van der Waals surface area contributed by atoms with Crippen molar-refractivity contribution in [3.63, 3.8) is 0 Å². The van der Waals surface area contributed by atoms with Gasteiger partial charge in [-0.15, -0.1) is 0 Å². The number of benzene rings is 3. The zero-order valence-corrected chi connectivity index (χ0v) is 23.3. The molecule has 1 aliphatic rings. The van der Waals surface area contributed by atoms with Crippen molar-refractivity contribution in [2.45, 2.75) is 13.8 Å². The quantitative estimate of drug-likeness (QED) is 0.287. The Morgan fingerprint density at radius 3 is 2.45 bits per heavy atom. The lowest BCUT2D eigenvalue weighted by atomic mass is 10.2. The summed E-state index contributed by atoms with van der Waals surface area (Å²) >= 11 is 0.863. The van der Waals surface area contributed by atoms with E-state index in [0.29, 0.717) is 40.9 Å². The molecule has 0 atom stereocenters. The Kier molecular flexibility index (Phi) is 9.69. The van der Waals surface area contributed by atoms with E-state index in [1.54, 1.807) is 49.6 Å². The van der Waals surface area contributed by atoms with Crippen molar-refractivity contribution in [1.82, 2.24) is 4.90 Å². The van der Waals surface area contributed by atoms with Crippen LogP contribution in [0.4, 0.5) is 10.5 Å². The van der Waals surface area contributed by atoms with Gasteiger partial charge in [-0.05, 0) is 79.2 Å². The van der Waals surface area contributed by atoms with Crippen LogP contribution in [0.25, 0.3) is 6.08 Å². The van der Waals surface area contributed by atoms with Crippen LogP contribution >= 0.6 is 11.8 Å². The molecule has 3 amide bonds. The third-order valence-corrected chi connectivity index (χ3v) is 6.65. The highest BCUT2D eigenvalue weighted by molar-refractivity contribution is 8.18.